The average molecular weight is 449 g/mol. The monoisotopic (exact) mass is 448 g/mol. The highest BCUT2D eigenvalue weighted by Gasteiger charge is 2.20. The van der Waals surface area contributed by atoms with Crippen molar-refractivity contribution in [3.63, 3.8) is 0 Å². The standard InChI is InChI=1S/C27H36N4O2/c1-29(20-24-18-28-31(21-24)26-6-4-5-7-27(26)33-3)19-23-13-16-30(17-14-23)15-12-22-8-10-25(32-2)11-9-22/h4-11,18,21,23H,12-17,19-20H2,1-3H3. The van der Waals surface area contributed by atoms with Crippen molar-refractivity contribution in [2.75, 3.05) is 47.4 Å². The molecule has 2 aromatic carbocycles. The van der Waals surface area contributed by atoms with Gasteiger partial charge in [0, 0.05) is 31.4 Å². The Bertz CT molecular complexity index is 993. The number of ether oxygens (including phenoxy) is 2. The van der Waals surface area contributed by atoms with E-state index in [9.17, 15) is 0 Å². The maximum absolute atomic E-state index is 5.47. The van der Waals surface area contributed by atoms with Crippen molar-refractivity contribution in [3.8, 4) is 17.2 Å². The molecule has 1 aromatic heterocycles. The van der Waals surface area contributed by atoms with Gasteiger partial charge in [-0.05, 0) is 75.1 Å². The van der Waals surface area contributed by atoms with Gasteiger partial charge in [-0.3, -0.25) is 0 Å². The number of rotatable bonds is 10. The first kappa shape index (κ1) is 23.3. The van der Waals surface area contributed by atoms with Crippen LogP contribution in [0.5, 0.6) is 11.5 Å². The topological polar surface area (TPSA) is 42.8 Å². The molecule has 0 atom stereocenters. The van der Waals surface area contributed by atoms with Gasteiger partial charge in [-0.2, -0.15) is 5.10 Å². The third kappa shape index (κ3) is 6.36. The molecule has 0 radical (unpaired) electrons. The fraction of sp³-hybridized carbons (Fsp3) is 0.444. The minimum atomic E-state index is 0.761. The van der Waals surface area contributed by atoms with Gasteiger partial charge >= 0.3 is 0 Å². The summed E-state index contributed by atoms with van der Waals surface area (Å²) in [5, 5.41) is 4.56. The molecule has 1 saturated heterocycles. The first-order chi connectivity index (χ1) is 16.1. The van der Waals surface area contributed by atoms with Gasteiger partial charge in [-0.25, -0.2) is 4.68 Å². The van der Waals surface area contributed by atoms with Gasteiger partial charge in [-0.1, -0.05) is 24.3 Å². The van der Waals surface area contributed by atoms with E-state index in [-0.39, 0.29) is 0 Å². The third-order valence-corrected chi connectivity index (χ3v) is 6.57. The van der Waals surface area contributed by atoms with E-state index >= 15 is 0 Å². The molecule has 0 spiro atoms. The van der Waals surface area contributed by atoms with Crippen LogP contribution in [0.1, 0.15) is 24.0 Å². The Labute approximate surface area is 197 Å². The molecule has 6 nitrogen and oxygen atoms in total. The molecular weight excluding hydrogens is 412 g/mol. The smallest absolute Gasteiger partial charge is 0.144 e. The van der Waals surface area contributed by atoms with Gasteiger partial charge in [0.1, 0.15) is 17.2 Å². The molecule has 33 heavy (non-hydrogen) atoms. The Kier molecular flexibility index (Phi) is 8.02. The van der Waals surface area contributed by atoms with Crippen LogP contribution in [0.2, 0.25) is 0 Å². The van der Waals surface area contributed by atoms with Gasteiger partial charge in [0.25, 0.3) is 0 Å². The lowest BCUT2D eigenvalue weighted by atomic mass is 9.96. The van der Waals surface area contributed by atoms with Crippen LogP contribution in [0, 0.1) is 5.92 Å². The minimum absolute atomic E-state index is 0.761. The molecule has 1 aliphatic rings. The molecule has 0 N–H and O–H groups in total. The number of hydrogen-bond acceptors (Lipinski definition) is 5. The molecule has 6 heteroatoms. The normalized spacial score (nSPS) is 15.2. The van der Waals surface area contributed by atoms with Crippen LogP contribution < -0.4 is 9.47 Å². The van der Waals surface area contributed by atoms with E-state index in [1.807, 2.05) is 35.1 Å². The number of nitrogens with zero attached hydrogens (tertiary/aromatic N) is 4. The van der Waals surface area contributed by atoms with Crippen LogP contribution in [0.15, 0.2) is 60.9 Å². The Morgan fingerprint density at radius 3 is 2.45 bits per heavy atom. The third-order valence-electron chi connectivity index (χ3n) is 6.57. The molecule has 0 saturated carbocycles. The maximum atomic E-state index is 5.47. The van der Waals surface area contributed by atoms with Crippen molar-refractivity contribution in [1.82, 2.24) is 19.6 Å². The predicted octanol–water partition coefficient (Wildman–Crippen LogP) is 4.28. The van der Waals surface area contributed by atoms with E-state index in [1.54, 1.807) is 14.2 Å². The van der Waals surface area contributed by atoms with Crippen LogP contribution >= 0.6 is 0 Å². The number of benzene rings is 2. The summed E-state index contributed by atoms with van der Waals surface area (Å²) in [5.74, 6) is 2.52. The van der Waals surface area contributed by atoms with E-state index < -0.39 is 0 Å². The zero-order valence-corrected chi connectivity index (χ0v) is 20.1. The Balaban J connectivity index is 1.20. The van der Waals surface area contributed by atoms with Crippen molar-refractivity contribution in [1.29, 1.82) is 0 Å². The molecule has 0 bridgehead atoms. The summed E-state index contributed by atoms with van der Waals surface area (Å²) in [6.45, 7) is 5.57. The Hall–Kier alpha value is -2.83. The zero-order chi connectivity index (χ0) is 23.0. The van der Waals surface area contributed by atoms with E-state index in [4.69, 9.17) is 9.47 Å². The second-order valence-corrected chi connectivity index (χ2v) is 9.04. The van der Waals surface area contributed by atoms with Crippen LogP contribution in [-0.2, 0) is 13.0 Å². The fourth-order valence-corrected chi connectivity index (χ4v) is 4.68. The van der Waals surface area contributed by atoms with E-state index in [1.165, 1.54) is 37.1 Å². The summed E-state index contributed by atoms with van der Waals surface area (Å²) in [6.07, 6.45) is 7.71. The lowest BCUT2D eigenvalue weighted by Crippen LogP contribution is -2.38. The van der Waals surface area contributed by atoms with Crippen molar-refractivity contribution in [2.45, 2.75) is 25.8 Å². The largest absolute Gasteiger partial charge is 0.497 e. The summed E-state index contributed by atoms with van der Waals surface area (Å²) in [4.78, 5) is 5.04. The Morgan fingerprint density at radius 2 is 1.73 bits per heavy atom. The van der Waals surface area contributed by atoms with Gasteiger partial charge in [0.05, 0.1) is 20.4 Å². The van der Waals surface area contributed by atoms with Crippen molar-refractivity contribution < 1.29 is 9.47 Å². The van der Waals surface area contributed by atoms with Gasteiger partial charge in [0.15, 0.2) is 0 Å². The maximum Gasteiger partial charge on any atom is 0.144 e. The number of hydrogen-bond donors (Lipinski definition) is 0. The highest BCUT2D eigenvalue weighted by molar-refractivity contribution is 5.46. The number of piperidine rings is 1. The first-order valence-corrected chi connectivity index (χ1v) is 11.9. The SMILES string of the molecule is COc1ccc(CCN2CCC(CN(C)Cc3cnn(-c4ccccc4OC)c3)CC2)cc1. The molecule has 0 amide bonds. The lowest BCUT2D eigenvalue weighted by molar-refractivity contribution is 0.153. The summed E-state index contributed by atoms with van der Waals surface area (Å²) in [5.41, 5.74) is 3.57. The van der Waals surface area contributed by atoms with E-state index in [0.29, 0.717) is 0 Å². The highest BCUT2D eigenvalue weighted by atomic mass is 16.5. The van der Waals surface area contributed by atoms with Gasteiger partial charge < -0.3 is 19.3 Å². The van der Waals surface area contributed by atoms with Crippen LogP contribution in [0.4, 0.5) is 0 Å². The second-order valence-electron chi connectivity index (χ2n) is 9.04. The summed E-state index contributed by atoms with van der Waals surface area (Å²) < 4.78 is 12.6. The second kappa shape index (κ2) is 11.3. The predicted molar refractivity (Wildman–Crippen MR) is 132 cm³/mol. The molecule has 4 rings (SSSR count). The van der Waals surface area contributed by atoms with E-state index in [0.717, 1.165) is 49.2 Å². The van der Waals surface area contributed by atoms with Gasteiger partial charge in [-0.15, -0.1) is 0 Å². The molecule has 1 fully saturated rings. The zero-order valence-electron chi connectivity index (χ0n) is 20.1. The number of methoxy groups -OCH3 is 2. The van der Waals surface area contributed by atoms with Crippen LogP contribution in [0.25, 0.3) is 5.69 Å². The molecule has 2 heterocycles. The Morgan fingerprint density at radius 1 is 0.970 bits per heavy atom. The fourth-order valence-electron chi connectivity index (χ4n) is 4.68. The quantitative estimate of drug-likeness (QED) is 0.463. The van der Waals surface area contributed by atoms with Crippen molar-refractivity contribution in [3.05, 3.63) is 72.1 Å². The number of aromatic nitrogens is 2. The summed E-state index contributed by atoms with van der Waals surface area (Å²) >= 11 is 0. The molecule has 176 valence electrons. The molecule has 3 aromatic rings. The van der Waals surface area contributed by atoms with E-state index in [2.05, 4.69) is 52.4 Å². The molecule has 0 aliphatic carbocycles. The molecule has 0 unspecified atom stereocenters. The van der Waals surface area contributed by atoms with Crippen molar-refractivity contribution >= 4 is 0 Å². The molecule has 1 aliphatic heterocycles. The number of para-hydroxylation sites is 2. The molecular formula is C27H36N4O2. The highest BCUT2D eigenvalue weighted by Crippen LogP contribution is 2.23. The van der Waals surface area contributed by atoms with Crippen LogP contribution in [-0.4, -0.2) is 67.0 Å². The van der Waals surface area contributed by atoms with Crippen molar-refractivity contribution in [2.24, 2.45) is 5.92 Å². The summed E-state index contributed by atoms with van der Waals surface area (Å²) in [7, 11) is 5.63. The first-order valence-electron chi connectivity index (χ1n) is 11.9. The lowest BCUT2D eigenvalue weighted by Gasteiger charge is -2.33. The summed E-state index contributed by atoms with van der Waals surface area (Å²) in [6, 6.07) is 16.4. The average Bonchev–Trinajstić information content (AvgIpc) is 3.32. The van der Waals surface area contributed by atoms with Crippen LogP contribution in [0.3, 0.4) is 0 Å². The van der Waals surface area contributed by atoms with Gasteiger partial charge in [0.2, 0.25) is 0 Å². The number of likely N-dealkylation sites (tertiary alicyclic amines) is 1. The minimum Gasteiger partial charge on any atom is -0.497 e.